The Labute approximate surface area is 211 Å². The quantitative estimate of drug-likeness (QED) is 0.450. The van der Waals surface area contributed by atoms with Gasteiger partial charge in [0, 0.05) is 24.7 Å². The minimum atomic E-state index is -0.319. The molecule has 1 aromatic heterocycles. The number of ether oxygens (including phenoxy) is 3. The Bertz CT molecular complexity index is 1270. The van der Waals surface area contributed by atoms with Crippen LogP contribution in [0, 0.1) is 19.8 Å². The first-order valence-electron chi connectivity index (χ1n) is 12.2. The number of methoxy groups -OCH3 is 2. The molecule has 2 heterocycles. The molecule has 8 nitrogen and oxygen atoms in total. The van der Waals surface area contributed by atoms with Gasteiger partial charge in [-0.1, -0.05) is 12.1 Å². The summed E-state index contributed by atoms with van der Waals surface area (Å²) in [6, 6.07) is 13.4. The molecule has 1 unspecified atom stereocenters. The predicted octanol–water partition coefficient (Wildman–Crippen LogP) is 4.59. The van der Waals surface area contributed by atoms with Crippen LogP contribution >= 0.6 is 0 Å². The molecule has 0 spiro atoms. The van der Waals surface area contributed by atoms with E-state index in [0.717, 1.165) is 28.8 Å². The molecule has 0 saturated carbocycles. The number of rotatable bonds is 7. The summed E-state index contributed by atoms with van der Waals surface area (Å²) in [5.41, 5.74) is 4.68. The van der Waals surface area contributed by atoms with Gasteiger partial charge in [-0.2, -0.15) is 5.10 Å². The van der Waals surface area contributed by atoms with Crippen molar-refractivity contribution in [1.82, 2.24) is 14.7 Å². The molecule has 2 aromatic carbocycles. The molecule has 0 N–H and O–H groups in total. The number of likely N-dealkylation sites (tertiary alicyclic amines) is 1. The third kappa shape index (κ3) is 5.08. The highest BCUT2D eigenvalue weighted by atomic mass is 16.5. The van der Waals surface area contributed by atoms with E-state index < -0.39 is 0 Å². The van der Waals surface area contributed by atoms with Crippen LogP contribution in [0.5, 0.6) is 11.5 Å². The van der Waals surface area contributed by atoms with E-state index in [-0.39, 0.29) is 17.8 Å². The number of nitrogens with zero attached hydrogens (tertiary/aromatic N) is 3. The number of piperidine rings is 1. The van der Waals surface area contributed by atoms with Gasteiger partial charge in [-0.05, 0) is 69.0 Å². The molecule has 1 atom stereocenters. The SMILES string of the molecule is CCOC(=O)C1CCCN(C(=O)c2cc(-c3ccc(OC)cc3OC)nn2-c2cc(C)ccc2C)C1. The first-order chi connectivity index (χ1) is 17.4. The maximum atomic E-state index is 13.9. The molecule has 0 bridgehead atoms. The van der Waals surface area contributed by atoms with Crippen LogP contribution in [0.2, 0.25) is 0 Å². The Kier molecular flexibility index (Phi) is 7.62. The van der Waals surface area contributed by atoms with Gasteiger partial charge in [-0.3, -0.25) is 9.59 Å². The molecule has 0 radical (unpaired) electrons. The normalized spacial score (nSPS) is 15.5. The van der Waals surface area contributed by atoms with Crippen molar-refractivity contribution in [2.24, 2.45) is 5.92 Å². The fourth-order valence-corrected chi connectivity index (χ4v) is 4.58. The van der Waals surface area contributed by atoms with E-state index in [1.165, 1.54) is 0 Å². The number of aromatic nitrogens is 2. The van der Waals surface area contributed by atoms with E-state index in [1.54, 1.807) is 42.9 Å². The van der Waals surface area contributed by atoms with E-state index in [1.807, 2.05) is 44.2 Å². The maximum Gasteiger partial charge on any atom is 0.310 e. The zero-order valence-electron chi connectivity index (χ0n) is 21.5. The molecule has 4 rings (SSSR count). The van der Waals surface area contributed by atoms with Crippen molar-refractivity contribution < 1.29 is 23.8 Å². The zero-order valence-corrected chi connectivity index (χ0v) is 21.5. The Morgan fingerprint density at radius 2 is 1.86 bits per heavy atom. The second kappa shape index (κ2) is 10.8. The van der Waals surface area contributed by atoms with Crippen LogP contribution in [0.4, 0.5) is 0 Å². The molecule has 190 valence electrons. The Morgan fingerprint density at radius 1 is 1.06 bits per heavy atom. The molecule has 3 aromatic rings. The van der Waals surface area contributed by atoms with Crippen LogP contribution in [-0.4, -0.2) is 60.5 Å². The first-order valence-corrected chi connectivity index (χ1v) is 12.2. The third-order valence-electron chi connectivity index (χ3n) is 6.53. The van der Waals surface area contributed by atoms with Crippen molar-refractivity contribution in [3.8, 4) is 28.4 Å². The fraction of sp³-hybridized carbons (Fsp3) is 0.393. The highest BCUT2D eigenvalue weighted by molar-refractivity contribution is 5.95. The average Bonchev–Trinajstić information content (AvgIpc) is 3.34. The van der Waals surface area contributed by atoms with Gasteiger partial charge in [0.2, 0.25) is 0 Å². The van der Waals surface area contributed by atoms with Gasteiger partial charge >= 0.3 is 5.97 Å². The number of benzene rings is 2. The molecule has 1 aliphatic rings. The fourth-order valence-electron chi connectivity index (χ4n) is 4.58. The summed E-state index contributed by atoms with van der Waals surface area (Å²) in [6.07, 6.45) is 1.46. The average molecular weight is 492 g/mol. The number of aryl methyl sites for hydroxylation is 2. The molecule has 1 amide bonds. The molecule has 1 saturated heterocycles. The number of amides is 1. The number of hydrogen-bond donors (Lipinski definition) is 0. The first kappa shape index (κ1) is 25.3. The number of hydrogen-bond acceptors (Lipinski definition) is 6. The van der Waals surface area contributed by atoms with Crippen LogP contribution in [0.1, 0.15) is 41.4 Å². The van der Waals surface area contributed by atoms with Gasteiger partial charge in [0.05, 0.1) is 38.1 Å². The molecular weight excluding hydrogens is 458 g/mol. The topological polar surface area (TPSA) is 82.9 Å². The summed E-state index contributed by atoms with van der Waals surface area (Å²) < 4.78 is 17.9. The minimum Gasteiger partial charge on any atom is -0.497 e. The van der Waals surface area contributed by atoms with E-state index >= 15 is 0 Å². The van der Waals surface area contributed by atoms with Gasteiger partial charge < -0.3 is 19.1 Å². The summed E-state index contributed by atoms with van der Waals surface area (Å²) in [4.78, 5) is 28.0. The largest absolute Gasteiger partial charge is 0.497 e. The number of esters is 1. The van der Waals surface area contributed by atoms with Crippen molar-refractivity contribution >= 4 is 11.9 Å². The lowest BCUT2D eigenvalue weighted by atomic mass is 9.98. The van der Waals surface area contributed by atoms with E-state index in [4.69, 9.17) is 19.3 Å². The lowest BCUT2D eigenvalue weighted by Gasteiger charge is -2.31. The van der Waals surface area contributed by atoms with Gasteiger partial charge in [-0.15, -0.1) is 0 Å². The van der Waals surface area contributed by atoms with Crippen LogP contribution in [0.3, 0.4) is 0 Å². The van der Waals surface area contributed by atoms with Crippen molar-refractivity contribution in [2.45, 2.75) is 33.6 Å². The van der Waals surface area contributed by atoms with Crippen LogP contribution in [0.25, 0.3) is 16.9 Å². The predicted molar refractivity (Wildman–Crippen MR) is 137 cm³/mol. The van der Waals surface area contributed by atoms with Crippen molar-refractivity contribution in [2.75, 3.05) is 33.9 Å². The minimum absolute atomic E-state index is 0.170. The molecule has 1 aliphatic heterocycles. The van der Waals surface area contributed by atoms with Crippen molar-refractivity contribution in [1.29, 1.82) is 0 Å². The standard InChI is InChI=1S/C28H33N3O5/c1-6-36-28(33)20-8-7-13-30(17-20)27(32)25-16-23(22-12-11-21(34-4)15-26(22)35-5)29-31(25)24-14-18(2)9-10-19(24)3/h9-12,14-16,20H,6-8,13,17H2,1-5H3. The Balaban J connectivity index is 1.79. The lowest BCUT2D eigenvalue weighted by Crippen LogP contribution is -2.43. The van der Waals surface area contributed by atoms with Gasteiger partial charge in [-0.25, -0.2) is 4.68 Å². The van der Waals surface area contributed by atoms with Crippen molar-refractivity contribution in [3.63, 3.8) is 0 Å². The lowest BCUT2D eigenvalue weighted by molar-refractivity contribution is -0.149. The molecule has 0 aliphatic carbocycles. The summed E-state index contributed by atoms with van der Waals surface area (Å²) in [5.74, 6) is 0.525. The van der Waals surface area contributed by atoms with Gasteiger partial charge in [0.15, 0.2) is 0 Å². The van der Waals surface area contributed by atoms with Gasteiger partial charge in [0.1, 0.15) is 17.2 Å². The summed E-state index contributed by atoms with van der Waals surface area (Å²) in [6.45, 7) is 7.04. The van der Waals surface area contributed by atoms with E-state index in [2.05, 4.69) is 0 Å². The van der Waals surface area contributed by atoms with Crippen LogP contribution in [-0.2, 0) is 9.53 Å². The van der Waals surface area contributed by atoms with E-state index in [9.17, 15) is 9.59 Å². The Hall–Kier alpha value is -3.81. The maximum absolute atomic E-state index is 13.9. The molecule has 1 fully saturated rings. The summed E-state index contributed by atoms with van der Waals surface area (Å²) >= 11 is 0. The van der Waals surface area contributed by atoms with Gasteiger partial charge in [0.25, 0.3) is 5.91 Å². The van der Waals surface area contributed by atoms with Crippen LogP contribution < -0.4 is 9.47 Å². The van der Waals surface area contributed by atoms with Crippen molar-refractivity contribution in [3.05, 3.63) is 59.3 Å². The second-order valence-electron chi connectivity index (χ2n) is 9.03. The molecular formula is C28H33N3O5. The second-order valence-corrected chi connectivity index (χ2v) is 9.03. The summed E-state index contributed by atoms with van der Waals surface area (Å²) in [7, 11) is 3.19. The van der Waals surface area contributed by atoms with Crippen LogP contribution in [0.15, 0.2) is 42.5 Å². The number of carbonyl (C=O) groups is 2. The highest BCUT2D eigenvalue weighted by Crippen LogP contribution is 2.34. The molecule has 36 heavy (non-hydrogen) atoms. The Morgan fingerprint density at radius 3 is 2.58 bits per heavy atom. The smallest absolute Gasteiger partial charge is 0.310 e. The molecule has 8 heteroatoms. The highest BCUT2D eigenvalue weighted by Gasteiger charge is 2.32. The monoisotopic (exact) mass is 491 g/mol. The number of carbonyl (C=O) groups excluding carboxylic acids is 2. The summed E-state index contributed by atoms with van der Waals surface area (Å²) in [5, 5.41) is 4.87. The van der Waals surface area contributed by atoms with E-state index in [0.29, 0.717) is 49.0 Å². The third-order valence-corrected chi connectivity index (χ3v) is 6.53. The zero-order chi connectivity index (χ0) is 25.8.